The first-order chi connectivity index (χ1) is 17.5. The smallest absolute Gasteiger partial charge is 0.336 e. The summed E-state index contributed by atoms with van der Waals surface area (Å²) in [4.78, 5) is 30.0. The van der Waals surface area contributed by atoms with Crippen molar-refractivity contribution in [3.05, 3.63) is 64.5 Å². The Hall–Kier alpha value is -3.12. The Labute approximate surface area is 212 Å². The minimum Gasteiger partial charge on any atom is -0.496 e. The fraction of sp³-hybridized carbons (Fsp3) is 0.467. The first-order valence-electron chi connectivity index (χ1n) is 13.2. The van der Waals surface area contributed by atoms with E-state index >= 15 is 0 Å². The molecule has 1 amide bonds. The van der Waals surface area contributed by atoms with Crippen LogP contribution >= 0.6 is 0 Å². The number of fused-ring (bicyclic) bond motifs is 2. The lowest BCUT2D eigenvalue weighted by atomic mass is 9.83. The largest absolute Gasteiger partial charge is 0.496 e. The maximum atomic E-state index is 13.2. The Bertz CT molecular complexity index is 1270. The number of rotatable bonds is 7. The van der Waals surface area contributed by atoms with Crippen molar-refractivity contribution in [3.63, 3.8) is 0 Å². The summed E-state index contributed by atoms with van der Waals surface area (Å²) in [7, 11) is 3.56. The molecule has 0 saturated carbocycles. The third-order valence-electron chi connectivity index (χ3n) is 8.00. The van der Waals surface area contributed by atoms with Gasteiger partial charge >= 0.3 is 5.63 Å². The molecule has 36 heavy (non-hydrogen) atoms. The zero-order valence-corrected chi connectivity index (χ0v) is 21.4. The van der Waals surface area contributed by atoms with E-state index in [-0.39, 0.29) is 5.91 Å². The van der Waals surface area contributed by atoms with Crippen molar-refractivity contribution < 1.29 is 13.9 Å². The summed E-state index contributed by atoms with van der Waals surface area (Å²) in [6, 6.07) is 15.8. The Morgan fingerprint density at radius 3 is 2.69 bits per heavy atom. The van der Waals surface area contributed by atoms with Crippen LogP contribution in [-0.2, 0) is 11.2 Å². The normalized spacial score (nSPS) is 20.2. The molecule has 1 aromatic heterocycles. The number of carbonyl (C=O) groups excluding carboxylic acids is 1. The van der Waals surface area contributed by atoms with E-state index in [1.165, 1.54) is 51.3 Å². The third-order valence-corrected chi connectivity index (χ3v) is 8.00. The molecule has 2 fully saturated rings. The molecule has 0 unspecified atom stereocenters. The average molecular weight is 489 g/mol. The van der Waals surface area contributed by atoms with Gasteiger partial charge in [-0.3, -0.25) is 4.79 Å². The van der Waals surface area contributed by atoms with Crippen molar-refractivity contribution in [1.29, 1.82) is 0 Å². The quantitative estimate of drug-likeness (QED) is 0.432. The molecule has 2 saturated heterocycles. The Morgan fingerprint density at radius 1 is 1.08 bits per heavy atom. The van der Waals surface area contributed by atoms with Crippen molar-refractivity contribution in [1.82, 2.24) is 9.80 Å². The second-order valence-electron chi connectivity index (χ2n) is 10.3. The Kier molecular flexibility index (Phi) is 7.42. The molecular weight excluding hydrogens is 452 g/mol. The van der Waals surface area contributed by atoms with Crippen LogP contribution in [0.25, 0.3) is 22.1 Å². The van der Waals surface area contributed by atoms with Gasteiger partial charge in [0.1, 0.15) is 11.3 Å². The highest BCUT2D eigenvalue weighted by Crippen LogP contribution is 2.34. The highest BCUT2D eigenvalue weighted by atomic mass is 16.5. The zero-order chi connectivity index (χ0) is 25.1. The van der Waals surface area contributed by atoms with Crippen LogP contribution in [0.4, 0.5) is 0 Å². The molecule has 0 radical (unpaired) electrons. The first kappa shape index (κ1) is 24.6. The maximum absolute atomic E-state index is 13.2. The second kappa shape index (κ2) is 10.9. The van der Waals surface area contributed by atoms with Crippen molar-refractivity contribution in [3.8, 4) is 16.9 Å². The molecule has 2 aliphatic heterocycles. The van der Waals surface area contributed by atoms with Crippen LogP contribution in [0.3, 0.4) is 0 Å². The summed E-state index contributed by atoms with van der Waals surface area (Å²) in [5.74, 6) is 1.36. The SMILES string of the molecule is COc1cc2oc(=O)cc(-c3ccccc3)c2cc1CCC(=O)N(C)C[C@@H]1CCCN2CCCC[C@H]12. The maximum Gasteiger partial charge on any atom is 0.336 e. The number of hydrogen-bond acceptors (Lipinski definition) is 5. The van der Waals surface area contributed by atoms with Gasteiger partial charge in [0.05, 0.1) is 7.11 Å². The molecule has 190 valence electrons. The van der Waals surface area contributed by atoms with E-state index in [1.807, 2.05) is 48.3 Å². The third kappa shape index (κ3) is 5.19. The summed E-state index contributed by atoms with van der Waals surface area (Å²) in [5, 5.41) is 0.844. The minimum atomic E-state index is -0.396. The van der Waals surface area contributed by atoms with Gasteiger partial charge in [0, 0.05) is 43.6 Å². The van der Waals surface area contributed by atoms with E-state index < -0.39 is 5.63 Å². The van der Waals surface area contributed by atoms with Crippen molar-refractivity contribution >= 4 is 16.9 Å². The van der Waals surface area contributed by atoms with Gasteiger partial charge in [-0.1, -0.05) is 36.8 Å². The number of aryl methyl sites for hydroxylation is 1. The monoisotopic (exact) mass is 488 g/mol. The summed E-state index contributed by atoms with van der Waals surface area (Å²) in [5.41, 5.74) is 2.80. The molecule has 3 aromatic rings. The summed E-state index contributed by atoms with van der Waals surface area (Å²) >= 11 is 0. The van der Waals surface area contributed by atoms with Gasteiger partial charge in [-0.25, -0.2) is 4.79 Å². The van der Waals surface area contributed by atoms with Crippen LogP contribution in [0.5, 0.6) is 5.75 Å². The van der Waals surface area contributed by atoms with Crippen LogP contribution in [0.1, 0.15) is 44.1 Å². The van der Waals surface area contributed by atoms with Gasteiger partial charge in [-0.05, 0) is 73.9 Å². The van der Waals surface area contributed by atoms with Crippen LogP contribution in [0, 0.1) is 5.92 Å². The Morgan fingerprint density at radius 2 is 1.89 bits per heavy atom. The fourth-order valence-corrected chi connectivity index (χ4v) is 6.15. The number of ether oxygens (including phenoxy) is 1. The molecule has 0 spiro atoms. The molecule has 2 aromatic carbocycles. The van der Waals surface area contributed by atoms with E-state index in [0.29, 0.717) is 36.1 Å². The van der Waals surface area contributed by atoms with Crippen molar-refractivity contribution in [2.45, 2.75) is 51.0 Å². The van der Waals surface area contributed by atoms with E-state index in [9.17, 15) is 9.59 Å². The lowest BCUT2D eigenvalue weighted by Gasteiger charge is -2.45. The number of amides is 1. The van der Waals surface area contributed by atoms with Gasteiger partial charge in [0.25, 0.3) is 0 Å². The molecule has 5 rings (SSSR count). The predicted octanol–water partition coefficient (Wildman–Crippen LogP) is 5.12. The van der Waals surface area contributed by atoms with Crippen LogP contribution in [0.2, 0.25) is 0 Å². The number of hydrogen-bond donors (Lipinski definition) is 0. The van der Waals surface area contributed by atoms with Gasteiger partial charge in [0.2, 0.25) is 5.91 Å². The number of carbonyl (C=O) groups is 1. The van der Waals surface area contributed by atoms with Gasteiger partial charge in [0.15, 0.2) is 0 Å². The van der Waals surface area contributed by atoms with Crippen molar-refractivity contribution in [2.24, 2.45) is 5.92 Å². The van der Waals surface area contributed by atoms with E-state index in [4.69, 9.17) is 9.15 Å². The lowest BCUT2D eigenvalue weighted by Crippen LogP contribution is -2.51. The molecule has 0 bridgehead atoms. The first-order valence-corrected chi connectivity index (χ1v) is 13.2. The lowest BCUT2D eigenvalue weighted by molar-refractivity contribution is -0.131. The van der Waals surface area contributed by atoms with Crippen LogP contribution < -0.4 is 10.4 Å². The summed E-state index contributed by atoms with van der Waals surface area (Å²) in [6.45, 7) is 3.26. The molecule has 6 nitrogen and oxygen atoms in total. The molecule has 2 atom stereocenters. The number of piperidine rings is 2. The molecule has 0 aliphatic carbocycles. The van der Waals surface area contributed by atoms with Crippen LogP contribution in [0.15, 0.2) is 57.7 Å². The van der Waals surface area contributed by atoms with Gasteiger partial charge in [-0.15, -0.1) is 0 Å². The highest BCUT2D eigenvalue weighted by molar-refractivity contribution is 5.94. The summed E-state index contributed by atoms with van der Waals surface area (Å²) in [6.07, 6.45) is 7.30. The van der Waals surface area contributed by atoms with Gasteiger partial charge < -0.3 is 19.0 Å². The molecule has 2 aliphatic rings. The standard InChI is InChI=1S/C30H36N2O4/c1-31(20-23-11-8-16-32-15-7-6-12-26(23)32)29(33)14-13-22-17-25-24(21-9-4-3-5-10-21)18-30(34)36-28(25)19-27(22)35-2/h3-5,9-10,17-19,23,26H,6-8,11-16,20H2,1-2H3/t23-,26+/m0/s1. The summed E-state index contributed by atoms with van der Waals surface area (Å²) < 4.78 is 11.1. The number of methoxy groups -OCH3 is 1. The van der Waals surface area contributed by atoms with Gasteiger partial charge in [-0.2, -0.15) is 0 Å². The van der Waals surface area contributed by atoms with Crippen molar-refractivity contribution in [2.75, 3.05) is 33.8 Å². The molecular formula is C30H36N2O4. The fourth-order valence-electron chi connectivity index (χ4n) is 6.15. The zero-order valence-electron chi connectivity index (χ0n) is 21.4. The minimum absolute atomic E-state index is 0.160. The second-order valence-corrected chi connectivity index (χ2v) is 10.3. The topological polar surface area (TPSA) is 63.0 Å². The van der Waals surface area contributed by atoms with E-state index in [2.05, 4.69) is 4.90 Å². The Balaban J connectivity index is 1.33. The number of nitrogens with zero attached hydrogens (tertiary/aromatic N) is 2. The molecule has 0 N–H and O–H groups in total. The molecule has 6 heteroatoms. The van der Waals surface area contributed by atoms with E-state index in [0.717, 1.165) is 28.6 Å². The average Bonchev–Trinajstić information content (AvgIpc) is 2.91. The van der Waals surface area contributed by atoms with E-state index in [1.54, 1.807) is 13.2 Å². The van der Waals surface area contributed by atoms with Crippen LogP contribution in [-0.4, -0.2) is 55.5 Å². The predicted molar refractivity (Wildman–Crippen MR) is 142 cm³/mol. The number of benzene rings is 2. The molecule has 3 heterocycles. The highest BCUT2D eigenvalue weighted by Gasteiger charge is 2.34.